The lowest BCUT2D eigenvalue weighted by atomic mass is 10.1. The maximum atomic E-state index is 13.1. The molecule has 1 aromatic heterocycles. The summed E-state index contributed by atoms with van der Waals surface area (Å²) in [5, 5.41) is 7.81. The number of hydrogen-bond donors (Lipinski definition) is 3. The number of carbonyl (C=O) groups excluding carboxylic acids is 2. The summed E-state index contributed by atoms with van der Waals surface area (Å²) in [5.41, 5.74) is 2.72. The van der Waals surface area contributed by atoms with Crippen LogP contribution in [-0.4, -0.2) is 28.3 Å². The van der Waals surface area contributed by atoms with Crippen LogP contribution in [-0.2, 0) is 19.6 Å². The van der Waals surface area contributed by atoms with Gasteiger partial charge < -0.3 is 16.4 Å². The summed E-state index contributed by atoms with van der Waals surface area (Å²) in [7, 11) is 1.21. The van der Waals surface area contributed by atoms with Gasteiger partial charge in [-0.15, -0.1) is 0 Å². The minimum atomic E-state index is -4.86. The van der Waals surface area contributed by atoms with Gasteiger partial charge in [-0.25, -0.2) is 13.6 Å². The number of urea groups is 1. The maximum Gasteiger partial charge on any atom is 0.435 e. The lowest BCUT2D eigenvalue weighted by Crippen LogP contribution is -2.31. The first-order chi connectivity index (χ1) is 12.5. The second kappa shape index (κ2) is 7.60. The Balaban J connectivity index is 2.04. The Labute approximate surface area is 149 Å². The van der Waals surface area contributed by atoms with Crippen LogP contribution in [0.3, 0.4) is 0 Å². The quantitative estimate of drug-likeness (QED) is 0.681. The highest BCUT2D eigenvalue weighted by atomic mass is 19.4. The molecule has 0 aliphatic rings. The van der Waals surface area contributed by atoms with Crippen molar-refractivity contribution in [2.75, 3.05) is 11.9 Å². The number of nitrogens with zero attached hydrogens (tertiary/aromatic N) is 2. The van der Waals surface area contributed by atoms with E-state index in [1.165, 1.54) is 7.05 Å². The molecule has 2 aromatic rings. The van der Waals surface area contributed by atoms with Gasteiger partial charge >= 0.3 is 12.2 Å². The summed E-state index contributed by atoms with van der Waals surface area (Å²) in [6.45, 7) is -0.174. The Morgan fingerprint density at radius 1 is 1.22 bits per heavy atom. The van der Waals surface area contributed by atoms with E-state index in [9.17, 15) is 31.5 Å². The van der Waals surface area contributed by atoms with E-state index in [0.717, 1.165) is 22.9 Å². The summed E-state index contributed by atoms with van der Waals surface area (Å²) < 4.78 is 65.6. The van der Waals surface area contributed by atoms with Crippen LogP contribution in [0.5, 0.6) is 0 Å². The Morgan fingerprint density at radius 3 is 2.44 bits per heavy atom. The lowest BCUT2D eigenvalue weighted by Gasteiger charge is -2.09. The molecule has 0 aliphatic heterocycles. The van der Waals surface area contributed by atoms with Crippen LogP contribution in [0.1, 0.15) is 21.7 Å². The number of carbonyl (C=O) groups is 2. The third kappa shape index (κ3) is 4.71. The van der Waals surface area contributed by atoms with Gasteiger partial charge in [-0.1, -0.05) is 0 Å². The Kier molecular flexibility index (Phi) is 5.66. The van der Waals surface area contributed by atoms with Gasteiger partial charge in [0.25, 0.3) is 5.91 Å². The molecule has 146 valence electrons. The molecule has 0 bridgehead atoms. The first-order valence-electron chi connectivity index (χ1n) is 7.43. The number of alkyl halides is 3. The fraction of sp³-hybridized carbons (Fsp3) is 0.267. The standard InChI is InChI=1S/C15H14F5N5O2/c1-25-10(11(13(21)26)12(24-25)15(18,19)20)4-5-22-14(27)23-7-2-3-8(16)9(17)6-7/h2-3,6H,4-5H2,1H3,(H2,21,26)(H2,22,23,27). The summed E-state index contributed by atoms with van der Waals surface area (Å²) in [5.74, 6) is -3.54. The fourth-order valence-electron chi connectivity index (χ4n) is 2.35. The van der Waals surface area contributed by atoms with Crippen molar-refractivity contribution in [1.82, 2.24) is 15.1 Å². The number of aryl methyl sites for hydroxylation is 1. The normalized spacial score (nSPS) is 11.3. The van der Waals surface area contributed by atoms with Crippen LogP contribution in [0.4, 0.5) is 32.4 Å². The van der Waals surface area contributed by atoms with Gasteiger partial charge in [0.2, 0.25) is 0 Å². The molecule has 3 amide bonds. The molecule has 7 nitrogen and oxygen atoms in total. The number of anilines is 1. The van der Waals surface area contributed by atoms with Gasteiger partial charge in [0.05, 0.1) is 11.3 Å². The molecule has 1 aromatic carbocycles. The van der Waals surface area contributed by atoms with Crippen molar-refractivity contribution in [3.63, 3.8) is 0 Å². The van der Waals surface area contributed by atoms with Crippen LogP contribution in [0.25, 0.3) is 0 Å². The van der Waals surface area contributed by atoms with E-state index < -0.39 is 41.0 Å². The molecule has 12 heteroatoms. The predicted octanol–water partition coefficient (Wildman–Crippen LogP) is 2.18. The van der Waals surface area contributed by atoms with Crippen LogP contribution >= 0.6 is 0 Å². The maximum absolute atomic E-state index is 13.1. The largest absolute Gasteiger partial charge is 0.435 e. The van der Waals surface area contributed by atoms with Gasteiger partial charge in [-0.3, -0.25) is 9.48 Å². The molecule has 0 radical (unpaired) electrons. The van der Waals surface area contributed by atoms with Crippen LogP contribution in [0, 0.1) is 11.6 Å². The number of halogens is 5. The van der Waals surface area contributed by atoms with Crippen LogP contribution in [0.15, 0.2) is 18.2 Å². The van der Waals surface area contributed by atoms with Crippen LogP contribution < -0.4 is 16.4 Å². The van der Waals surface area contributed by atoms with Crippen molar-refractivity contribution in [1.29, 1.82) is 0 Å². The molecule has 0 atom stereocenters. The highest BCUT2D eigenvalue weighted by Crippen LogP contribution is 2.32. The Morgan fingerprint density at radius 2 is 1.89 bits per heavy atom. The molecule has 0 spiro atoms. The minimum absolute atomic E-state index is 0.0240. The van der Waals surface area contributed by atoms with Crippen molar-refractivity contribution in [2.24, 2.45) is 12.8 Å². The third-order valence-corrected chi connectivity index (χ3v) is 3.51. The average Bonchev–Trinajstić information content (AvgIpc) is 2.88. The Bertz CT molecular complexity index is 878. The van der Waals surface area contributed by atoms with Gasteiger partial charge in [0, 0.05) is 31.8 Å². The van der Waals surface area contributed by atoms with Gasteiger partial charge in [0.15, 0.2) is 17.3 Å². The van der Waals surface area contributed by atoms with Gasteiger partial charge in [-0.05, 0) is 12.1 Å². The van der Waals surface area contributed by atoms with E-state index in [-0.39, 0.29) is 24.3 Å². The van der Waals surface area contributed by atoms with Crippen molar-refractivity contribution >= 4 is 17.6 Å². The van der Waals surface area contributed by atoms with E-state index in [1.807, 2.05) is 0 Å². The van der Waals surface area contributed by atoms with Crippen molar-refractivity contribution in [3.8, 4) is 0 Å². The molecule has 27 heavy (non-hydrogen) atoms. The molecule has 0 fully saturated rings. The third-order valence-electron chi connectivity index (χ3n) is 3.51. The molecule has 2 rings (SSSR count). The molecular formula is C15H14F5N5O2. The highest BCUT2D eigenvalue weighted by Gasteiger charge is 2.40. The molecule has 0 saturated carbocycles. The number of nitrogens with two attached hydrogens (primary N) is 1. The van der Waals surface area contributed by atoms with E-state index >= 15 is 0 Å². The number of amides is 3. The molecule has 4 N–H and O–H groups in total. The number of primary amides is 1. The SMILES string of the molecule is Cn1nc(C(F)(F)F)c(C(N)=O)c1CCNC(=O)Nc1ccc(F)c(F)c1. The van der Waals surface area contributed by atoms with E-state index in [1.54, 1.807) is 0 Å². The lowest BCUT2D eigenvalue weighted by molar-refractivity contribution is -0.141. The van der Waals surface area contributed by atoms with Crippen molar-refractivity contribution in [3.05, 3.63) is 46.8 Å². The van der Waals surface area contributed by atoms with E-state index in [0.29, 0.717) is 0 Å². The summed E-state index contributed by atoms with van der Waals surface area (Å²) >= 11 is 0. The number of nitrogens with one attached hydrogen (secondary N) is 2. The molecule has 0 saturated heterocycles. The molecule has 0 unspecified atom stereocenters. The van der Waals surface area contributed by atoms with Crippen molar-refractivity contribution < 1.29 is 31.5 Å². The monoisotopic (exact) mass is 391 g/mol. The Hall–Kier alpha value is -3.18. The summed E-state index contributed by atoms with van der Waals surface area (Å²) in [6, 6.07) is 1.90. The highest BCUT2D eigenvalue weighted by molar-refractivity contribution is 5.95. The van der Waals surface area contributed by atoms with E-state index in [2.05, 4.69) is 15.7 Å². The second-order valence-electron chi connectivity index (χ2n) is 5.42. The van der Waals surface area contributed by atoms with Crippen molar-refractivity contribution in [2.45, 2.75) is 12.6 Å². The number of rotatable bonds is 5. The number of hydrogen-bond acceptors (Lipinski definition) is 3. The molecular weight excluding hydrogens is 377 g/mol. The number of benzene rings is 1. The molecule has 1 heterocycles. The first-order valence-corrected chi connectivity index (χ1v) is 7.43. The zero-order valence-electron chi connectivity index (χ0n) is 13.8. The zero-order valence-corrected chi connectivity index (χ0v) is 13.8. The first kappa shape index (κ1) is 20.1. The predicted molar refractivity (Wildman–Crippen MR) is 83.8 cm³/mol. The minimum Gasteiger partial charge on any atom is -0.365 e. The smallest absolute Gasteiger partial charge is 0.365 e. The van der Waals surface area contributed by atoms with Gasteiger partial charge in [-0.2, -0.15) is 18.3 Å². The van der Waals surface area contributed by atoms with Gasteiger partial charge in [0.1, 0.15) is 0 Å². The number of aromatic nitrogens is 2. The summed E-state index contributed by atoms with van der Waals surface area (Å²) in [4.78, 5) is 23.1. The van der Waals surface area contributed by atoms with Crippen LogP contribution in [0.2, 0.25) is 0 Å². The topological polar surface area (TPSA) is 102 Å². The summed E-state index contributed by atoms with van der Waals surface area (Å²) in [6.07, 6.45) is -5.04. The fourth-order valence-corrected chi connectivity index (χ4v) is 2.35. The zero-order chi connectivity index (χ0) is 20.4. The van der Waals surface area contributed by atoms with E-state index in [4.69, 9.17) is 5.73 Å². The second-order valence-corrected chi connectivity index (χ2v) is 5.42. The molecule has 0 aliphatic carbocycles. The average molecular weight is 391 g/mol.